The second-order valence-corrected chi connectivity index (χ2v) is 5.28. The quantitative estimate of drug-likeness (QED) is 0.432. The first kappa shape index (κ1) is 17.0. The number of ether oxygens (including phenoxy) is 1. The lowest BCUT2D eigenvalue weighted by Crippen LogP contribution is -2.17. The van der Waals surface area contributed by atoms with Gasteiger partial charge in [0.1, 0.15) is 0 Å². The average molecular weight is 350 g/mol. The van der Waals surface area contributed by atoms with Crippen LogP contribution in [0.5, 0.6) is 5.88 Å². The van der Waals surface area contributed by atoms with E-state index in [1.165, 1.54) is 37.6 Å². The number of carbonyl (C=O) groups excluding carboxylic acids is 1. The van der Waals surface area contributed by atoms with Crippen LogP contribution in [-0.2, 0) is 0 Å². The number of nitrogens with zero attached hydrogens (tertiary/aromatic N) is 3. The minimum Gasteiger partial charge on any atom is -0.481 e. The van der Waals surface area contributed by atoms with Gasteiger partial charge in [-0.25, -0.2) is 10.4 Å². The molecule has 1 aromatic heterocycles. The molecule has 0 aliphatic heterocycles. The fourth-order valence-electron chi connectivity index (χ4n) is 2.33. The van der Waals surface area contributed by atoms with Crippen LogP contribution in [0.15, 0.2) is 59.7 Å². The predicted molar refractivity (Wildman–Crippen MR) is 96.5 cm³/mol. The molecule has 0 atom stereocenters. The fourth-order valence-corrected chi connectivity index (χ4v) is 2.33. The van der Waals surface area contributed by atoms with E-state index in [1.807, 2.05) is 30.3 Å². The van der Waals surface area contributed by atoms with Gasteiger partial charge in [-0.05, 0) is 24.3 Å². The molecule has 0 saturated heterocycles. The van der Waals surface area contributed by atoms with E-state index in [0.29, 0.717) is 11.4 Å². The normalized spacial score (nSPS) is 10.8. The Morgan fingerprint density at radius 2 is 1.96 bits per heavy atom. The molecule has 0 unspecified atom stereocenters. The molecule has 0 saturated carbocycles. The van der Waals surface area contributed by atoms with Gasteiger partial charge in [-0.15, -0.1) is 0 Å². The highest BCUT2D eigenvalue weighted by Crippen LogP contribution is 2.20. The van der Waals surface area contributed by atoms with Gasteiger partial charge in [0.15, 0.2) is 0 Å². The van der Waals surface area contributed by atoms with Crippen molar-refractivity contribution in [3.8, 4) is 5.88 Å². The molecule has 2 aromatic carbocycles. The van der Waals surface area contributed by atoms with Crippen LogP contribution in [-0.4, -0.2) is 29.1 Å². The Labute approximate surface area is 148 Å². The molecule has 0 radical (unpaired) electrons. The van der Waals surface area contributed by atoms with Gasteiger partial charge in [0.25, 0.3) is 11.6 Å². The zero-order chi connectivity index (χ0) is 18.5. The number of non-ortho nitro benzene ring substituents is 1. The summed E-state index contributed by atoms with van der Waals surface area (Å²) in [7, 11) is 1.50. The maximum atomic E-state index is 12.0. The van der Waals surface area contributed by atoms with Crippen molar-refractivity contribution < 1.29 is 14.5 Å². The van der Waals surface area contributed by atoms with Crippen LogP contribution >= 0.6 is 0 Å². The molecule has 3 rings (SSSR count). The Kier molecular flexibility index (Phi) is 4.84. The number of methoxy groups -OCH3 is 1. The van der Waals surface area contributed by atoms with E-state index < -0.39 is 10.8 Å². The topological polar surface area (TPSA) is 107 Å². The van der Waals surface area contributed by atoms with Crippen LogP contribution in [0.1, 0.15) is 15.9 Å². The molecule has 1 N–H and O–H groups in total. The molecule has 1 heterocycles. The van der Waals surface area contributed by atoms with Crippen molar-refractivity contribution >= 4 is 28.7 Å². The molecule has 0 fully saturated rings. The maximum Gasteiger partial charge on any atom is 0.271 e. The summed E-state index contributed by atoms with van der Waals surface area (Å²) in [5, 5.41) is 15.5. The monoisotopic (exact) mass is 350 g/mol. The Balaban J connectivity index is 1.76. The maximum absolute atomic E-state index is 12.0. The third-order valence-corrected chi connectivity index (χ3v) is 3.62. The minimum atomic E-state index is -0.529. The second-order valence-electron chi connectivity index (χ2n) is 5.28. The number of pyridine rings is 1. The zero-order valence-corrected chi connectivity index (χ0v) is 13.7. The van der Waals surface area contributed by atoms with Crippen molar-refractivity contribution in [2.75, 3.05) is 7.11 Å². The molecule has 0 aliphatic carbocycles. The fraction of sp³-hybridized carbons (Fsp3) is 0.0556. The standard InChI is InChI=1S/C18H14N4O4/c1-26-18-14(10-13-4-2-3-5-16(13)20-18)11-19-21-17(23)12-6-8-15(9-7-12)22(24)25/h2-11H,1H3,(H,21,23)/b19-11-. The van der Waals surface area contributed by atoms with E-state index in [2.05, 4.69) is 15.5 Å². The second kappa shape index (κ2) is 7.39. The summed E-state index contributed by atoms with van der Waals surface area (Å²) in [5.74, 6) is -0.0964. The van der Waals surface area contributed by atoms with Crippen molar-refractivity contribution in [2.45, 2.75) is 0 Å². The lowest BCUT2D eigenvalue weighted by molar-refractivity contribution is -0.384. The first-order valence-corrected chi connectivity index (χ1v) is 7.60. The number of nitro groups is 1. The number of hydrogen-bond acceptors (Lipinski definition) is 6. The number of hydrogen-bond donors (Lipinski definition) is 1. The van der Waals surface area contributed by atoms with Gasteiger partial charge in [-0.2, -0.15) is 5.10 Å². The van der Waals surface area contributed by atoms with Gasteiger partial charge >= 0.3 is 0 Å². The number of amides is 1. The smallest absolute Gasteiger partial charge is 0.271 e. The summed E-state index contributed by atoms with van der Waals surface area (Å²) in [4.78, 5) is 26.5. The molecular weight excluding hydrogens is 336 g/mol. The average Bonchev–Trinajstić information content (AvgIpc) is 2.67. The highest BCUT2D eigenvalue weighted by Gasteiger charge is 2.09. The Hall–Kier alpha value is -3.81. The predicted octanol–water partition coefficient (Wildman–Crippen LogP) is 2.92. The number of rotatable bonds is 5. The van der Waals surface area contributed by atoms with E-state index in [-0.39, 0.29) is 11.3 Å². The van der Waals surface area contributed by atoms with Gasteiger partial charge < -0.3 is 4.74 Å². The van der Waals surface area contributed by atoms with Crippen molar-refractivity contribution in [3.05, 3.63) is 75.8 Å². The van der Waals surface area contributed by atoms with Crippen molar-refractivity contribution in [2.24, 2.45) is 5.10 Å². The zero-order valence-electron chi connectivity index (χ0n) is 13.7. The summed E-state index contributed by atoms with van der Waals surface area (Å²) in [6, 6.07) is 14.7. The van der Waals surface area contributed by atoms with Crippen LogP contribution in [0.4, 0.5) is 5.69 Å². The Morgan fingerprint density at radius 3 is 2.65 bits per heavy atom. The summed E-state index contributed by atoms with van der Waals surface area (Å²) in [5.41, 5.74) is 3.94. The molecule has 3 aromatic rings. The third-order valence-electron chi connectivity index (χ3n) is 3.62. The van der Waals surface area contributed by atoms with Crippen molar-refractivity contribution in [1.82, 2.24) is 10.4 Å². The molecule has 0 bridgehead atoms. The highest BCUT2D eigenvalue weighted by molar-refractivity contribution is 5.96. The number of benzene rings is 2. The Morgan fingerprint density at radius 1 is 1.23 bits per heavy atom. The first-order chi connectivity index (χ1) is 12.6. The lowest BCUT2D eigenvalue weighted by Gasteiger charge is -2.06. The van der Waals surface area contributed by atoms with Crippen LogP contribution in [0.25, 0.3) is 10.9 Å². The Bertz CT molecular complexity index is 1000. The van der Waals surface area contributed by atoms with Gasteiger partial charge in [0, 0.05) is 23.1 Å². The number of nitro benzene ring substituents is 1. The van der Waals surface area contributed by atoms with Crippen LogP contribution in [0, 0.1) is 10.1 Å². The third kappa shape index (κ3) is 3.64. The van der Waals surface area contributed by atoms with Gasteiger partial charge in [-0.1, -0.05) is 18.2 Å². The lowest BCUT2D eigenvalue weighted by atomic mass is 10.1. The van der Waals surface area contributed by atoms with Crippen LogP contribution in [0.3, 0.4) is 0 Å². The van der Waals surface area contributed by atoms with Gasteiger partial charge in [0.05, 0.1) is 29.3 Å². The number of hydrazone groups is 1. The number of aromatic nitrogens is 1. The van der Waals surface area contributed by atoms with Crippen LogP contribution < -0.4 is 10.2 Å². The number of nitrogens with one attached hydrogen (secondary N) is 1. The van der Waals surface area contributed by atoms with Gasteiger partial charge in [-0.3, -0.25) is 14.9 Å². The van der Waals surface area contributed by atoms with Crippen molar-refractivity contribution in [1.29, 1.82) is 0 Å². The molecule has 26 heavy (non-hydrogen) atoms. The molecule has 0 aliphatic rings. The summed E-state index contributed by atoms with van der Waals surface area (Å²) in [6.45, 7) is 0. The molecule has 0 spiro atoms. The van der Waals surface area contributed by atoms with Gasteiger partial charge in [0.2, 0.25) is 5.88 Å². The largest absolute Gasteiger partial charge is 0.481 e. The molecule has 130 valence electrons. The number of para-hydroxylation sites is 1. The molecule has 8 heteroatoms. The van der Waals surface area contributed by atoms with E-state index in [4.69, 9.17) is 4.74 Å². The highest BCUT2D eigenvalue weighted by atomic mass is 16.6. The van der Waals surface area contributed by atoms with E-state index >= 15 is 0 Å². The van der Waals surface area contributed by atoms with E-state index in [9.17, 15) is 14.9 Å². The van der Waals surface area contributed by atoms with Crippen molar-refractivity contribution in [3.63, 3.8) is 0 Å². The molecular formula is C18H14N4O4. The summed E-state index contributed by atoms with van der Waals surface area (Å²) in [6.07, 6.45) is 1.43. The summed E-state index contributed by atoms with van der Waals surface area (Å²) < 4.78 is 5.25. The molecule has 8 nitrogen and oxygen atoms in total. The first-order valence-electron chi connectivity index (χ1n) is 7.60. The number of carbonyl (C=O) groups is 1. The van der Waals surface area contributed by atoms with E-state index in [0.717, 1.165) is 10.9 Å². The minimum absolute atomic E-state index is 0.0861. The SMILES string of the molecule is COc1nc2ccccc2cc1/C=N\NC(=O)c1ccc([N+](=O)[O-])cc1. The molecule has 1 amide bonds. The number of fused-ring (bicyclic) bond motifs is 1. The van der Waals surface area contributed by atoms with Crippen LogP contribution in [0.2, 0.25) is 0 Å². The summed E-state index contributed by atoms with van der Waals surface area (Å²) >= 11 is 0. The van der Waals surface area contributed by atoms with E-state index in [1.54, 1.807) is 0 Å².